The number of rotatable bonds is 5. The van der Waals surface area contributed by atoms with Crippen molar-refractivity contribution in [1.82, 2.24) is 14.9 Å². The highest BCUT2D eigenvalue weighted by atomic mass is 19.1. The summed E-state index contributed by atoms with van der Waals surface area (Å²) in [6.45, 7) is 4.86. The topological polar surface area (TPSA) is 137 Å². The number of aryl methyl sites for hydroxylation is 1. The molecule has 7 rings (SSSR count). The van der Waals surface area contributed by atoms with Crippen molar-refractivity contribution in [2.24, 2.45) is 5.92 Å². The van der Waals surface area contributed by atoms with Crippen molar-refractivity contribution >= 4 is 28.7 Å². The second-order valence-corrected chi connectivity index (χ2v) is 12.2. The predicted molar refractivity (Wildman–Crippen MR) is 151 cm³/mol. The lowest BCUT2D eigenvalue weighted by Crippen LogP contribution is -2.44. The van der Waals surface area contributed by atoms with E-state index in [1.165, 1.54) is 13.0 Å². The number of halogens is 1. The monoisotopic (exact) mass is 589 g/mol. The lowest BCUT2D eigenvalue weighted by atomic mass is 9.79. The highest BCUT2D eigenvalue weighted by Crippen LogP contribution is 2.46. The van der Waals surface area contributed by atoms with Crippen LogP contribution in [-0.4, -0.2) is 38.6 Å². The summed E-state index contributed by atoms with van der Waals surface area (Å²) < 4.78 is 27.1. The summed E-state index contributed by atoms with van der Waals surface area (Å²) in [6.07, 6.45) is 2.30. The molecule has 11 heteroatoms. The molecule has 0 unspecified atom stereocenters. The third kappa shape index (κ3) is 4.04. The molecule has 2 N–H and O–H groups in total. The Labute approximate surface area is 246 Å². The summed E-state index contributed by atoms with van der Waals surface area (Å²) in [5.74, 6) is -1.96. The average molecular weight is 590 g/mol. The summed E-state index contributed by atoms with van der Waals surface area (Å²) in [5, 5.41) is 15.4. The van der Waals surface area contributed by atoms with Crippen molar-refractivity contribution < 1.29 is 33.4 Å². The first-order valence-corrected chi connectivity index (χ1v) is 14.8. The second-order valence-electron chi connectivity index (χ2n) is 12.2. The van der Waals surface area contributed by atoms with Crippen LogP contribution in [-0.2, 0) is 49.0 Å². The van der Waals surface area contributed by atoms with Crippen LogP contribution in [0.25, 0.3) is 22.3 Å². The molecule has 1 amide bonds. The minimum Gasteiger partial charge on any atom is -0.463 e. The number of aliphatic hydroxyl groups is 1. The zero-order valence-electron chi connectivity index (χ0n) is 24.2. The van der Waals surface area contributed by atoms with Crippen LogP contribution in [0.1, 0.15) is 85.4 Å². The number of nitrogens with one attached hydrogen (secondary N) is 1. The number of benzene rings is 1. The van der Waals surface area contributed by atoms with E-state index in [-0.39, 0.29) is 66.0 Å². The van der Waals surface area contributed by atoms with Gasteiger partial charge in [0.25, 0.3) is 5.56 Å². The van der Waals surface area contributed by atoms with E-state index in [1.54, 1.807) is 17.6 Å². The van der Waals surface area contributed by atoms with Crippen LogP contribution in [0.4, 0.5) is 4.39 Å². The quantitative estimate of drug-likeness (QED) is 0.338. The van der Waals surface area contributed by atoms with E-state index in [2.05, 4.69) is 5.32 Å². The van der Waals surface area contributed by atoms with Gasteiger partial charge in [-0.05, 0) is 61.8 Å². The molecule has 2 atom stereocenters. The van der Waals surface area contributed by atoms with Crippen molar-refractivity contribution in [3.05, 3.63) is 61.7 Å². The van der Waals surface area contributed by atoms with Crippen LogP contribution in [0, 0.1) is 18.7 Å². The van der Waals surface area contributed by atoms with E-state index >= 15 is 4.39 Å². The first kappa shape index (κ1) is 27.7. The number of pyridine rings is 2. The van der Waals surface area contributed by atoms with Gasteiger partial charge in [0.15, 0.2) is 5.60 Å². The fourth-order valence-electron chi connectivity index (χ4n) is 7.36. The Balaban J connectivity index is 1.36. The normalized spacial score (nSPS) is 24.9. The van der Waals surface area contributed by atoms with Crippen molar-refractivity contribution in [2.75, 3.05) is 0 Å². The van der Waals surface area contributed by atoms with Crippen molar-refractivity contribution in [2.45, 2.75) is 90.2 Å². The maximum atomic E-state index is 15.1. The minimum absolute atomic E-state index is 0.0897. The molecule has 2 aliphatic heterocycles. The molecule has 0 spiro atoms. The minimum atomic E-state index is -1.95. The zero-order chi connectivity index (χ0) is 30.4. The smallest absolute Gasteiger partial charge is 0.343 e. The molecule has 43 heavy (non-hydrogen) atoms. The molecule has 0 radical (unpaired) electrons. The molecule has 3 aromatic rings. The molecule has 2 aromatic heterocycles. The number of amides is 1. The van der Waals surface area contributed by atoms with Gasteiger partial charge in [0, 0.05) is 35.4 Å². The van der Waals surface area contributed by atoms with Crippen molar-refractivity contribution in [3.8, 4) is 11.4 Å². The number of aromatic nitrogens is 2. The van der Waals surface area contributed by atoms with Gasteiger partial charge in [-0.15, -0.1) is 0 Å². The van der Waals surface area contributed by atoms with Gasteiger partial charge in [0.1, 0.15) is 18.5 Å². The van der Waals surface area contributed by atoms with E-state index < -0.39 is 17.6 Å². The van der Waals surface area contributed by atoms with E-state index in [9.17, 15) is 24.3 Å². The van der Waals surface area contributed by atoms with Crippen molar-refractivity contribution in [3.63, 3.8) is 0 Å². The summed E-state index contributed by atoms with van der Waals surface area (Å²) in [7, 11) is 0. The number of esters is 2. The highest BCUT2D eigenvalue weighted by Gasteiger charge is 2.46. The molecule has 2 aliphatic carbocycles. The van der Waals surface area contributed by atoms with E-state index in [0.717, 1.165) is 22.1 Å². The predicted octanol–water partition coefficient (Wildman–Crippen LogP) is 3.36. The Morgan fingerprint density at radius 1 is 1.23 bits per heavy atom. The van der Waals surface area contributed by atoms with Gasteiger partial charge in [-0.2, -0.15) is 0 Å². The number of ether oxygens (including phenoxy) is 2. The van der Waals surface area contributed by atoms with Crippen LogP contribution in [0.2, 0.25) is 0 Å². The molecule has 0 bridgehead atoms. The number of nitrogens with zero attached hydrogens (tertiary/aromatic N) is 2. The van der Waals surface area contributed by atoms with Gasteiger partial charge in [-0.1, -0.05) is 13.3 Å². The number of fused-ring (bicyclic) bond motifs is 5. The summed E-state index contributed by atoms with van der Waals surface area (Å²) >= 11 is 0. The Kier molecular flexibility index (Phi) is 6.25. The number of hydrogen-bond donors (Lipinski definition) is 2. The first-order valence-electron chi connectivity index (χ1n) is 14.8. The molecule has 1 saturated carbocycles. The Bertz CT molecular complexity index is 1830. The molecular formula is C32H32FN3O7. The third-order valence-electron chi connectivity index (χ3n) is 9.59. The van der Waals surface area contributed by atoms with Gasteiger partial charge in [-0.3, -0.25) is 14.4 Å². The Morgan fingerprint density at radius 3 is 2.72 bits per heavy atom. The van der Waals surface area contributed by atoms with Gasteiger partial charge in [0.05, 0.1) is 35.1 Å². The standard InChI is InChI=1S/C32H32FN3O7/c1-4-7-32(41)21-10-25-28-19(12-36(25)30(39)20(21)13-42-31(32)40)27-23(35-29(38)16-8-17(9-16)43-15(3)37)6-5-18-14(2)22(33)11-24(34-28)26(18)27/h10-11,16-17,23,41H,4-9,12-13H2,1-3H3,(H,35,38)/t16?,17?,23-,32-/m0/s1. The number of cyclic esters (lactones) is 1. The largest absolute Gasteiger partial charge is 0.463 e. The molecular weight excluding hydrogens is 557 g/mol. The van der Waals surface area contributed by atoms with Crippen LogP contribution in [0.3, 0.4) is 0 Å². The third-order valence-corrected chi connectivity index (χ3v) is 9.59. The summed E-state index contributed by atoms with van der Waals surface area (Å²) in [6, 6.07) is 2.63. The first-order chi connectivity index (χ1) is 20.5. The fraction of sp³-hybridized carbons (Fsp3) is 0.469. The molecule has 1 aromatic carbocycles. The lowest BCUT2D eigenvalue weighted by Gasteiger charge is -2.36. The Hall–Kier alpha value is -4.12. The molecule has 0 saturated heterocycles. The van der Waals surface area contributed by atoms with E-state index in [4.69, 9.17) is 14.5 Å². The highest BCUT2D eigenvalue weighted by molar-refractivity contribution is 5.94. The van der Waals surface area contributed by atoms with Crippen molar-refractivity contribution in [1.29, 1.82) is 0 Å². The van der Waals surface area contributed by atoms with Gasteiger partial charge in [0.2, 0.25) is 5.91 Å². The summed E-state index contributed by atoms with van der Waals surface area (Å²) in [4.78, 5) is 56.0. The molecule has 4 aliphatic rings. The van der Waals surface area contributed by atoms with E-state index in [0.29, 0.717) is 54.6 Å². The summed E-state index contributed by atoms with van der Waals surface area (Å²) in [5.41, 5.74) is 2.37. The van der Waals surface area contributed by atoms with Crippen LogP contribution in [0.15, 0.2) is 16.9 Å². The maximum Gasteiger partial charge on any atom is 0.343 e. The number of carbonyl (C=O) groups excluding carboxylic acids is 3. The van der Waals surface area contributed by atoms with Gasteiger partial charge in [-0.25, -0.2) is 14.2 Å². The lowest BCUT2D eigenvalue weighted by molar-refractivity contribution is -0.172. The number of carbonyl (C=O) groups is 3. The molecule has 10 nitrogen and oxygen atoms in total. The zero-order valence-corrected chi connectivity index (χ0v) is 24.2. The fourth-order valence-corrected chi connectivity index (χ4v) is 7.36. The molecule has 4 heterocycles. The van der Waals surface area contributed by atoms with Crippen LogP contribution in [0.5, 0.6) is 0 Å². The van der Waals surface area contributed by atoms with E-state index in [1.807, 2.05) is 6.92 Å². The van der Waals surface area contributed by atoms with Gasteiger partial charge < -0.3 is 24.5 Å². The molecule has 1 fully saturated rings. The average Bonchev–Trinajstić information content (AvgIpc) is 3.31. The van der Waals surface area contributed by atoms with Gasteiger partial charge >= 0.3 is 11.9 Å². The second kappa shape index (κ2) is 9.70. The molecule has 224 valence electrons. The van der Waals surface area contributed by atoms with Crippen LogP contribution < -0.4 is 10.9 Å². The number of hydrogen-bond acceptors (Lipinski definition) is 8. The Morgan fingerprint density at radius 2 is 2.00 bits per heavy atom. The SMILES string of the molecule is CCC[C@@]1(O)C(=O)OCc2c1cc1n(c2=O)Cc2c-1nc1cc(F)c(C)c3c1c2[C@@H](NC(=O)C1CC(OC(C)=O)C1)CC3. The van der Waals surface area contributed by atoms with Crippen LogP contribution >= 0.6 is 0 Å². The maximum absolute atomic E-state index is 15.1.